The van der Waals surface area contributed by atoms with E-state index in [-0.39, 0.29) is 16.6 Å². The van der Waals surface area contributed by atoms with Gasteiger partial charge in [0, 0.05) is 23.5 Å². The number of carbonyl (C=O) groups is 1. The van der Waals surface area contributed by atoms with Crippen molar-refractivity contribution in [3.8, 4) is 0 Å². The number of aryl methyl sites for hydroxylation is 2. The lowest BCUT2D eigenvalue weighted by Crippen LogP contribution is -2.26. The molecule has 0 aromatic heterocycles. The van der Waals surface area contributed by atoms with Gasteiger partial charge in [-0.2, -0.15) is 0 Å². The number of hydrogen-bond acceptors (Lipinski definition) is 5. The first kappa shape index (κ1) is 16.3. The van der Waals surface area contributed by atoms with Crippen molar-refractivity contribution >= 4 is 25.7 Å². The van der Waals surface area contributed by atoms with Gasteiger partial charge in [0.05, 0.1) is 23.7 Å². The standard InChI is InChI=1S/C14H17ClO5S/c1-9-7-10(2)13(21(15,17)18)8-12(9)14(16)20-11-3-5-19-6-4-11/h7-8,11H,3-6H2,1-2H3. The highest BCUT2D eigenvalue weighted by Crippen LogP contribution is 2.25. The van der Waals surface area contributed by atoms with Gasteiger partial charge in [0.25, 0.3) is 9.05 Å². The first-order valence-electron chi connectivity index (χ1n) is 6.63. The second kappa shape index (κ2) is 6.34. The van der Waals surface area contributed by atoms with Crippen molar-refractivity contribution in [3.63, 3.8) is 0 Å². The Balaban J connectivity index is 2.28. The van der Waals surface area contributed by atoms with E-state index in [9.17, 15) is 13.2 Å². The van der Waals surface area contributed by atoms with Crippen LogP contribution in [0.3, 0.4) is 0 Å². The van der Waals surface area contributed by atoms with Gasteiger partial charge in [-0.15, -0.1) is 0 Å². The Morgan fingerprint density at radius 2 is 1.86 bits per heavy atom. The molecule has 2 rings (SSSR count). The van der Waals surface area contributed by atoms with E-state index in [1.54, 1.807) is 19.9 Å². The molecule has 21 heavy (non-hydrogen) atoms. The van der Waals surface area contributed by atoms with Crippen molar-refractivity contribution in [3.05, 3.63) is 28.8 Å². The lowest BCUT2D eigenvalue weighted by atomic mass is 10.1. The molecule has 0 aliphatic carbocycles. The molecule has 0 bridgehead atoms. The fourth-order valence-electron chi connectivity index (χ4n) is 2.32. The Morgan fingerprint density at radius 1 is 1.24 bits per heavy atom. The summed E-state index contributed by atoms with van der Waals surface area (Å²) in [7, 11) is 1.49. The van der Waals surface area contributed by atoms with Crippen LogP contribution in [0, 0.1) is 13.8 Å². The zero-order valence-electron chi connectivity index (χ0n) is 11.9. The molecule has 1 aliphatic heterocycles. The van der Waals surface area contributed by atoms with E-state index >= 15 is 0 Å². The second-order valence-electron chi connectivity index (χ2n) is 5.09. The summed E-state index contributed by atoms with van der Waals surface area (Å²) in [5.41, 5.74) is 1.39. The molecule has 0 unspecified atom stereocenters. The highest BCUT2D eigenvalue weighted by atomic mass is 35.7. The Kier molecular flexibility index (Phi) is 4.91. The van der Waals surface area contributed by atoms with Crippen LogP contribution in [0.5, 0.6) is 0 Å². The SMILES string of the molecule is Cc1cc(C)c(S(=O)(=O)Cl)cc1C(=O)OC1CCOCC1. The molecule has 1 fully saturated rings. The van der Waals surface area contributed by atoms with Gasteiger partial charge in [-0.1, -0.05) is 6.07 Å². The van der Waals surface area contributed by atoms with Crippen LogP contribution >= 0.6 is 10.7 Å². The molecule has 0 N–H and O–H groups in total. The molecule has 1 aliphatic rings. The number of carbonyl (C=O) groups excluding carboxylic acids is 1. The van der Waals surface area contributed by atoms with Gasteiger partial charge in [-0.05, 0) is 31.0 Å². The molecule has 0 radical (unpaired) electrons. The predicted molar refractivity (Wildman–Crippen MR) is 78.2 cm³/mol. The average molecular weight is 333 g/mol. The minimum Gasteiger partial charge on any atom is -0.459 e. The number of rotatable bonds is 3. The van der Waals surface area contributed by atoms with Crippen molar-refractivity contribution in [1.29, 1.82) is 0 Å². The third-order valence-electron chi connectivity index (χ3n) is 3.45. The largest absolute Gasteiger partial charge is 0.459 e. The van der Waals surface area contributed by atoms with Gasteiger partial charge in [0.2, 0.25) is 0 Å². The first-order chi connectivity index (χ1) is 9.79. The summed E-state index contributed by atoms with van der Waals surface area (Å²) in [6, 6.07) is 2.91. The maximum absolute atomic E-state index is 12.2. The van der Waals surface area contributed by atoms with E-state index in [1.165, 1.54) is 6.07 Å². The van der Waals surface area contributed by atoms with Gasteiger partial charge in [-0.25, -0.2) is 13.2 Å². The molecule has 1 aromatic rings. The van der Waals surface area contributed by atoms with Crippen LogP contribution < -0.4 is 0 Å². The number of halogens is 1. The molecular weight excluding hydrogens is 316 g/mol. The number of esters is 1. The zero-order valence-corrected chi connectivity index (χ0v) is 13.5. The summed E-state index contributed by atoms with van der Waals surface area (Å²) in [6.07, 6.45) is 1.11. The van der Waals surface area contributed by atoms with Crippen LogP contribution in [0.1, 0.15) is 34.3 Å². The predicted octanol–water partition coefficient (Wildman–Crippen LogP) is 2.57. The first-order valence-corrected chi connectivity index (χ1v) is 8.94. The molecule has 0 amide bonds. The molecule has 1 saturated heterocycles. The van der Waals surface area contributed by atoms with Gasteiger partial charge >= 0.3 is 5.97 Å². The summed E-state index contributed by atoms with van der Waals surface area (Å²) >= 11 is 0. The van der Waals surface area contributed by atoms with Gasteiger partial charge < -0.3 is 9.47 Å². The lowest BCUT2D eigenvalue weighted by Gasteiger charge is -2.22. The maximum atomic E-state index is 12.2. The van der Waals surface area contributed by atoms with Crippen molar-refractivity contribution in [2.45, 2.75) is 37.7 Å². The summed E-state index contributed by atoms with van der Waals surface area (Å²) in [5, 5.41) is 0. The van der Waals surface area contributed by atoms with Gasteiger partial charge in [0.1, 0.15) is 6.10 Å². The number of hydrogen-bond donors (Lipinski definition) is 0. The van der Waals surface area contributed by atoms with Crippen LogP contribution in [0.2, 0.25) is 0 Å². The molecule has 1 heterocycles. The fraction of sp³-hybridized carbons (Fsp3) is 0.500. The Hall–Kier alpha value is -1.11. The van der Waals surface area contributed by atoms with Crippen molar-refractivity contribution in [2.24, 2.45) is 0 Å². The Bertz CT molecular complexity index is 648. The van der Waals surface area contributed by atoms with E-state index in [1.807, 2.05) is 0 Å². The Labute approximate surface area is 128 Å². The molecule has 0 atom stereocenters. The van der Waals surface area contributed by atoms with Gasteiger partial charge in [-0.3, -0.25) is 0 Å². The molecule has 0 saturated carbocycles. The molecule has 0 spiro atoms. The Morgan fingerprint density at radius 3 is 2.43 bits per heavy atom. The van der Waals surface area contributed by atoms with E-state index < -0.39 is 15.0 Å². The topological polar surface area (TPSA) is 69.7 Å². The smallest absolute Gasteiger partial charge is 0.338 e. The molecule has 5 nitrogen and oxygen atoms in total. The molecular formula is C14H17ClO5S. The van der Waals surface area contributed by atoms with Gasteiger partial charge in [0.15, 0.2) is 0 Å². The van der Waals surface area contributed by atoms with E-state index in [0.29, 0.717) is 37.2 Å². The van der Waals surface area contributed by atoms with Crippen LogP contribution in [0.15, 0.2) is 17.0 Å². The van der Waals surface area contributed by atoms with E-state index in [2.05, 4.69) is 0 Å². The van der Waals surface area contributed by atoms with E-state index in [4.69, 9.17) is 20.2 Å². The summed E-state index contributed by atoms with van der Waals surface area (Å²) in [4.78, 5) is 12.2. The minimum absolute atomic E-state index is 0.0614. The summed E-state index contributed by atoms with van der Waals surface area (Å²) in [5.74, 6) is -0.527. The number of benzene rings is 1. The molecule has 1 aromatic carbocycles. The van der Waals surface area contributed by atoms with Crippen LogP contribution in [0.25, 0.3) is 0 Å². The normalized spacial score (nSPS) is 16.7. The van der Waals surface area contributed by atoms with Crippen molar-refractivity contribution in [2.75, 3.05) is 13.2 Å². The quantitative estimate of drug-likeness (QED) is 0.628. The third-order valence-corrected chi connectivity index (χ3v) is 4.91. The van der Waals surface area contributed by atoms with E-state index in [0.717, 1.165) is 0 Å². The van der Waals surface area contributed by atoms with Crippen molar-refractivity contribution < 1.29 is 22.7 Å². The zero-order chi connectivity index (χ0) is 15.6. The van der Waals surface area contributed by atoms with Crippen molar-refractivity contribution in [1.82, 2.24) is 0 Å². The molecule has 7 heteroatoms. The second-order valence-corrected chi connectivity index (χ2v) is 7.62. The summed E-state index contributed by atoms with van der Waals surface area (Å²) < 4.78 is 33.7. The third kappa shape index (κ3) is 3.96. The number of ether oxygens (including phenoxy) is 2. The minimum atomic E-state index is -3.89. The van der Waals surface area contributed by atoms with Crippen LogP contribution in [-0.4, -0.2) is 33.7 Å². The average Bonchev–Trinajstić information content (AvgIpc) is 2.38. The van der Waals surface area contributed by atoms with Crippen LogP contribution in [0.4, 0.5) is 0 Å². The lowest BCUT2D eigenvalue weighted by molar-refractivity contribution is -0.0159. The van der Waals surface area contributed by atoms with Crippen LogP contribution in [-0.2, 0) is 18.5 Å². The monoisotopic (exact) mass is 332 g/mol. The molecule has 116 valence electrons. The highest BCUT2D eigenvalue weighted by Gasteiger charge is 2.23. The fourth-order valence-corrected chi connectivity index (χ4v) is 3.52. The highest BCUT2D eigenvalue weighted by molar-refractivity contribution is 8.13. The maximum Gasteiger partial charge on any atom is 0.338 e. The summed E-state index contributed by atoms with van der Waals surface area (Å²) in [6.45, 7) is 4.49.